The highest BCUT2D eigenvalue weighted by Gasteiger charge is 2.44. The van der Waals surface area contributed by atoms with Gasteiger partial charge in [0.25, 0.3) is 0 Å². The topological polar surface area (TPSA) is 95.7 Å². The van der Waals surface area contributed by atoms with Gasteiger partial charge in [0.15, 0.2) is 0 Å². The van der Waals surface area contributed by atoms with Gasteiger partial charge in [-0.15, -0.1) is 0 Å². The molecule has 7 nitrogen and oxygen atoms in total. The van der Waals surface area contributed by atoms with Crippen LogP contribution in [0.25, 0.3) is 0 Å². The lowest BCUT2D eigenvalue weighted by atomic mass is 9.79. The lowest BCUT2D eigenvalue weighted by molar-refractivity contribution is -0.523. The second-order valence-corrected chi connectivity index (χ2v) is 6.95. The molecule has 0 radical (unpaired) electrons. The average Bonchev–Trinajstić information content (AvgIpc) is 2.49. The predicted octanol–water partition coefficient (Wildman–Crippen LogP) is 2.99. The van der Waals surface area contributed by atoms with E-state index in [-0.39, 0.29) is 0 Å². The highest BCUT2D eigenvalue weighted by atomic mass is 16.6. The Morgan fingerprint density at radius 2 is 1.68 bits per heavy atom. The number of hydrogen-bond acceptors (Lipinski definition) is 6. The number of nitrogens with zero attached hydrogens (tertiary/aromatic N) is 1. The molecule has 0 aromatic heterocycles. The van der Waals surface area contributed by atoms with Crippen LogP contribution in [0.1, 0.15) is 46.1 Å². The maximum Gasteiger partial charge on any atom is 0.317 e. The van der Waals surface area contributed by atoms with E-state index in [0.29, 0.717) is 11.3 Å². The van der Waals surface area contributed by atoms with Gasteiger partial charge in [-0.2, -0.15) is 0 Å². The quantitative estimate of drug-likeness (QED) is 0.324. The molecule has 0 bridgehead atoms. The first-order chi connectivity index (χ1) is 11.5. The van der Waals surface area contributed by atoms with E-state index in [0.717, 1.165) is 0 Å². The molecule has 0 aliphatic carbocycles. The summed E-state index contributed by atoms with van der Waals surface area (Å²) in [6, 6.07) is 5.39. The van der Waals surface area contributed by atoms with Crippen molar-refractivity contribution in [3.63, 3.8) is 0 Å². The summed E-state index contributed by atoms with van der Waals surface area (Å²) >= 11 is 0. The number of nitro groups is 1. The number of methoxy groups -OCH3 is 1. The zero-order chi connectivity index (χ0) is 19.4. The van der Waals surface area contributed by atoms with Gasteiger partial charge in [0.05, 0.1) is 13.0 Å². The first-order valence-corrected chi connectivity index (χ1v) is 7.98. The summed E-state index contributed by atoms with van der Waals surface area (Å²) in [5.74, 6) is -2.84. The van der Waals surface area contributed by atoms with Crippen molar-refractivity contribution >= 4 is 11.8 Å². The normalized spacial score (nSPS) is 15.0. The smallest absolute Gasteiger partial charge is 0.317 e. The molecule has 1 aromatic rings. The molecule has 0 unspecified atom stereocenters. The van der Waals surface area contributed by atoms with E-state index in [2.05, 4.69) is 0 Å². The number of ether oxygens (including phenoxy) is 2. The first-order valence-electron chi connectivity index (χ1n) is 7.98. The van der Waals surface area contributed by atoms with Crippen molar-refractivity contribution in [2.45, 2.75) is 52.2 Å². The van der Waals surface area contributed by atoms with Gasteiger partial charge in [-0.1, -0.05) is 12.1 Å². The third-order valence-corrected chi connectivity index (χ3v) is 3.81. The third kappa shape index (κ3) is 5.55. The maximum absolute atomic E-state index is 12.6. The first kappa shape index (κ1) is 20.6. The van der Waals surface area contributed by atoms with Gasteiger partial charge >= 0.3 is 5.97 Å². The molecule has 0 fully saturated rings. The number of hydrogen-bond donors (Lipinski definition) is 0. The van der Waals surface area contributed by atoms with Crippen molar-refractivity contribution in [1.29, 1.82) is 0 Å². The second kappa shape index (κ2) is 8.09. The predicted molar refractivity (Wildman–Crippen MR) is 92.2 cm³/mol. The molecule has 0 aliphatic rings. The Morgan fingerprint density at radius 3 is 2.04 bits per heavy atom. The van der Waals surface area contributed by atoms with Crippen LogP contribution in [0, 0.1) is 16.0 Å². The Balaban J connectivity index is 3.37. The van der Waals surface area contributed by atoms with Crippen LogP contribution in [-0.4, -0.2) is 35.4 Å². The summed E-state index contributed by atoms with van der Waals surface area (Å²) in [5.41, 5.74) is -0.288. The van der Waals surface area contributed by atoms with Crippen LogP contribution in [0.5, 0.6) is 5.75 Å². The zero-order valence-electron chi connectivity index (χ0n) is 15.4. The largest absolute Gasteiger partial charge is 0.497 e. The number of benzene rings is 1. The van der Waals surface area contributed by atoms with Crippen molar-refractivity contribution in [2.24, 2.45) is 5.92 Å². The summed E-state index contributed by atoms with van der Waals surface area (Å²) < 4.78 is 10.4. The van der Waals surface area contributed by atoms with E-state index in [4.69, 9.17) is 9.47 Å². The van der Waals surface area contributed by atoms with Crippen LogP contribution in [0.15, 0.2) is 24.3 Å². The minimum absolute atomic E-state index is 0.469. The molecule has 0 amide bonds. The molecule has 0 spiro atoms. The van der Waals surface area contributed by atoms with Gasteiger partial charge in [0, 0.05) is 11.8 Å². The van der Waals surface area contributed by atoms with E-state index >= 15 is 0 Å². The minimum atomic E-state index is -1.26. The zero-order valence-corrected chi connectivity index (χ0v) is 15.4. The lowest BCUT2D eigenvalue weighted by Gasteiger charge is -2.28. The van der Waals surface area contributed by atoms with Crippen LogP contribution < -0.4 is 4.74 Å². The van der Waals surface area contributed by atoms with E-state index in [1.165, 1.54) is 21.0 Å². The molecule has 25 heavy (non-hydrogen) atoms. The molecule has 7 heteroatoms. The Kier molecular flexibility index (Phi) is 6.67. The molecule has 0 N–H and O–H groups in total. The summed E-state index contributed by atoms with van der Waals surface area (Å²) in [6.07, 6.45) is 0. The van der Waals surface area contributed by atoms with Gasteiger partial charge in [0.2, 0.25) is 6.04 Å². The number of Topliss-reactive ketones (excluding diaryl/α,β-unsaturated/α-hetero) is 1. The van der Waals surface area contributed by atoms with Crippen LogP contribution >= 0.6 is 0 Å². The summed E-state index contributed by atoms with van der Waals surface area (Å²) in [6.45, 7) is 7.68. The van der Waals surface area contributed by atoms with Crippen molar-refractivity contribution in [3.05, 3.63) is 39.9 Å². The maximum atomic E-state index is 12.6. The Bertz CT molecular complexity index is 632. The van der Waals surface area contributed by atoms with Gasteiger partial charge in [-0.25, -0.2) is 0 Å². The van der Waals surface area contributed by atoms with Crippen molar-refractivity contribution < 1.29 is 24.0 Å². The summed E-state index contributed by atoms with van der Waals surface area (Å²) in [4.78, 5) is 35.7. The highest BCUT2D eigenvalue weighted by molar-refractivity contribution is 5.99. The van der Waals surface area contributed by atoms with Gasteiger partial charge < -0.3 is 9.47 Å². The lowest BCUT2D eigenvalue weighted by Crippen LogP contribution is -2.41. The Morgan fingerprint density at radius 1 is 1.16 bits per heavy atom. The average molecular weight is 351 g/mol. The molecule has 1 rings (SSSR count). The van der Waals surface area contributed by atoms with E-state index in [9.17, 15) is 19.7 Å². The van der Waals surface area contributed by atoms with Crippen molar-refractivity contribution in [3.8, 4) is 5.75 Å². The van der Waals surface area contributed by atoms with E-state index < -0.39 is 40.2 Å². The molecule has 0 saturated carbocycles. The van der Waals surface area contributed by atoms with Crippen molar-refractivity contribution in [1.82, 2.24) is 0 Å². The van der Waals surface area contributed by atoms with Crippen LogP contribution in [0.4, 0.5) is 0 Å². The fourth-order valence-corrected chi connectivity index (χ4v) is 2.64. The number of rotatable bonds is 7. The third-order valence-electron chi connectivity index (χ3n) is 3.81. The molecule has 0 saturated heterocycles. The van der Waals surface area contributed by atoms with E-state index in [1.807, 2.05) is 0 Å². The Labute approximate surface area is 147 Å². The van der Waals surface area contributed by atoms with Gasteiger partial charge in [0.1, 0.15) is 23.1 Å². The minimum Gasteiger partial charge on any atom is -0.497 e. The fourth-order valence-electron chi connectivity index (χ4n) is 2.64. The summed E-state index contributed by atoms with van der Waals surface area (Å²) in [5, 5.41) is 11.4. The Hall–Kier alpha value is -2.44. The van der Waals surface area contributed by atoms with Crippen LogP contribution in [0.2, 0.25) is 0 Å². The number of ketones is 1. The molecular weight excluding hydrogens is 326 g/mol. The molecular formula is C18H25NO6. The SMILES string of the molecule is COc1ccc([C@H]([C@H](C(C)=O)C(=O)OC(C)(C)C)[C@@H](C)[N+](=O)[O-])cc1. The number of carbonyl (C=O) groups is 2. The fraction of sp³-hybridized carbons (Fsp3) is 0.556. The molecule has 138 valence electrons. The van der Waals surface area contributed by atoms with E-state index in [1.54, 1.807) is 45.0 Å². The number of carbonyl (C=O) groups excluding carboxylic acids is 2. The summed E-state index contributed by atoms with van der Waals surface area (Å²) in [7, 11) is 1.51. The monoisotopic (exact) mass is 351 g/mol. The second-order valence-electron chi connectivity index (χ2n) is 6.95. The molecule has 0 heterocycles. The number of esters is 1. The molecule has 1 aromatic carbocycles. The van der Waals surface area contributed by atoms with Gasteiger partial charge in [-0.05, 0) is 45.4 Å². The molecule has 0 aliphatic heterocycles. The van der Waals surface area contributed by atoms with Crippen LogP contribution in [0.3, 0.4) is 0 Å². The van der Waals surface area contributed by atoms with Crippen molar-refractivity contribution in [2.75, 3.05) is 7.11 Å². The van der Waals surface area contributed by atoms with Gasteiger partial charge in [-0.3, -0.25) is 19.7 Å². The molecule has 3 atom stereocenters. The van der Waals surface area contributed by atoms with Crippen LogP contribution in [-0.2, 0) is 14.3 Å². The standard InChI is InChI=1S/C18H25NO6/c1-11(19(22)23)15(13-7-9-14(24-6)10-8-13)16(12(2)20)17(21)25-18(3,4)5/h7-11,15-16H,1-6H3/t11-,15-,16+/m1/s1. The highest BCUT2D eigenvalue weighted by Crippen LogP contribution is 2.33.